The lowest BCUT2D eigenvalue weighted by Crippen LogP contribution is -2.34. The number of rotatable bonds is 5. The Balaban J connectivity index is 2.75. The minimum atomic E-state index is -0.509. The number of halogens is 2. The summed E-state index contributed by atoms with van der Waals surface area (Å²) in [5.41, 5.74) is 6.76. The van der Waals surface area contributed by atoms with Crippen molar-refractivity contribution in [1.29, 1.82) is 0 Å². The topological polar surface area (TPSA) is 46.2 Å². The van der Waals surface area contributed by atoms with E-state index in [1.54, 1.807) is 12.1 Å². The molecule has 3 N–H and O–H groups in total. The minimum absolute atomic E-state index is 0.133. The highest BCUT2D eigenvalue weighted by Crippen LogP contribution is 2.30. The van der Waals surface area contributed by atoms with Crippen molar-refractivity contribution < 1.29 is 5.11 Å². The van der Waals surface area contributed by atoms with Gasteiger partial charge in [-0.2, -0.15) is 0 Å². The molecule has 0 aliphatic heterocycles. The monoisotopic (exact) mass is 275 g/mol. The van der Waals surface area contributed by atoms with Gasteiger partial charge >= 0.3 is 0 Å². The summed E-state index contributed by atoms with van der Waals surface area (Å²) in [5, 5.41) is 11.2. The largest absolute Gasteiger partial charge is 0.391 e. The van der Waals surface area contributed by atoms with Crippen LogP contribution in [0.2, 0.25) is 10.0 Å². The fourth-order valence-corrected chi connectivity index (χ4v) is 2.31. The molecule has 1 aromatic rings. The van der Waals surface area contributed by atoms with E-state index in [0.29, 0.717) is 16.5 Å². The quantitative estimate of drug-likeness (QED) is 0.863. The SMILES string of the molecule is CCC(N)C(O)CC(C)c1cc(Cl)ccc1Cl. The van der Waals surface area contributed by atoms with Gasteiger partial charge in [0.2, 0.25) is 0 Å². The van der Waals surface area contributed by atoms with Crippen LogP contribution in [0.5, 0.6) is 0 Å². The van der Waals surface area contributed by atoms with Gasteiger partial charge in [-0.1, -0.05) is 37.0 Å². The molecular weight excluding hydrogens is 257 g/mol. The second-order valence-electron chi connectivity index (χ2n) is 4.44. The highest BCUT2D eigenvalue weighted by atomic mass is 35.5. The van der Waals surface area contributed by atoms with Gasteiger partial charge in [-0.05, 0) is 42.5 Å². The molecule has 17 heavy (non-hydrogen) atoms. The fourth-order valence-electron chi connectivity index (χ4n) is 1.83. The third kappa shape index (κ3) is 4.14. The molecule has 0 amide bonds. The third-order valence-electron chi connectivity index (χ3n) is 3.05. The first-order valence-electron chi connectivity index (χ1n) is 5.84. The van der Waals surface area contributed by atoms with Crippen LogP contribution in [-0.2, 0) is 0 Å². The number of hydrogen-bond donors (Lipinski definition) is 2. The summed E-state index contributed by atoms with van der Waals surface area (Å²) in [7, 11) is 0. The second-order valence-corrected chi connectivity index (χ2v) is 5.29. The Morgan fingerprint density at radius 2 is 2.00 bits per heavy atom. The van der Waals surface area contributed by atoms with E-state index in [4.69, 9.17) is 28.9 Å². The van der Waals surface area contributed by atoms with Crippen LogP contribution in [0.3, 0.4) is 0 Å². The predicted molar refractivity (Wildman–Crippen MR) is 73.8 cm³/mol. The Hall–Kier alpha value is -0.280. The molecule has 4 heteroatoms. The third-order valence-corrected chi connectivity index (χ3v) is 3.63. The first-order chi connectivity index (χ1) is 7.95. The van der Waals surface area contributed by atoms with Crippen LogP contribution in [0.15, 0.2) is 18.2 Å². The molecule has 2 nitrogen and oxygen atoms in total. The summed E-state index contributed by atoms with van der Waals surface area (Å²) in [6.07, 6.45) is 0.844. The first-order valence-corrected chi connectivity index (χ1v) is 6.59. The number of benzene rings is 1. The van der Waals surface area contributed by atoms with Crippen LogP contribution in [-0.4, -0.2) is 17.3 Å². The molecule has 1 rings (SSSR count). The van der Waals surface area contributed by atoms with Gasteiger partial charge in [-0.3, -0.25) is 0 Å². The summed E-state index contributed by atoms with van der Waals surface area (Å²) in [5.74, 6) is 0.133. The highest BCUT2D eigenvalue weighted by Gasteiger charge is 2.19. The maximum Gasteiger partial charge on any atom is 0.0696 e. The van der Waals surface area contributed by atoms with E-state index >= 15 is 0 Å². The number of aliphatic hydroxyl groups is 1. The molecular formula is C13H19Cl2NO. The molecule has 96 valence electrons. The van der Waals surface area contributed by atoms with Gasteiger partial charge in [0.1, 0.15) is 0 Å². The van der Waals surface area contributed by atoms with E-state index in [9.17, 15) is 5.11 Å². The molecule has 3 unspecified atom stereocenters. The van der Waals surface area contributed by atoms with Crippen molar-refractivity contribution in [3.05, 3.63) is 33.8 Å². The van der Waals surface area contributed by atoms with Gasteiger partial charge in [-0.15, -0.1) is 0 Å². The van der Waals surface area contributed by atoms with Crippen LogP contribution >= 0.6 is 23.2 Å². The zero-order valence-electron chi connectivity index (χ0n) is 10.2. The van der Waals surface area contributed by atoms with E-state index in [0.717, 1.165) is 12.0 Å². The lowest BCUT2D eigenvalue weighted by Gasteiger charge is -2.22. The maximum atomic E-state index is 9.91. The van der Waals surface area contributed by atoms with Crippen molar-refractivity contribution in [1.82, 2.24) is 0 Å². The maximum absolute atomic E-state index is 9.91. The van der Waals surface area contributed by atoms with Crippen molar-refractivity contribution in [2.45, 2.75) is 44.8 Å². The molecule has 0 saturated carbocycles. The van der Waals surface area contributed by atoms with Crippen molar-refractivity contribution in [2.24, 2.45) is 5.73 Å². The Kier molecular flexibility index (Phi) is 5.74. The molecule has 0 fully saturated rings. The van der Waals surface area contributed by atoms with Crippen LogP contribution in [0.4, 0.5) is 0 Å². The van der Waals surface area contributed by atoms with Crippen molar-refractivity contribution in [3.8, 4) is 0 Å². The zero-order chi connectivity index (χ0) is 13.0. The standard InChI is InChI=1S/C13H19Cl2NO/c1-3-12(16)13(17)6-8(2)10-7-9(14)4-5-11(10)15/h4-5,7-8,12-13,17H,3,6,16H2,1-2H3. The average Bonchev–Trinajstić information content (AvgIpc) is 2.30. The summed E-state index contributed by atoms with van der Waals surface area (Å²) >= 11 is 12.1. The minimum Gasteiger partial charge on any atom is -0.391 e. The molecule has 3 atom stereocenters. The van der Waals surface area contributed by atoms with Crippen LogP contribution in [0.1, 0.15) is 38.2 Å². The summed E-state index contributed by atoms with van der Waals surface area (Å²) < 4.78 is 0. The lowest BCUT2D eigenvalue weighted by molar-refractivity contribution is 0.126. The van der Waals surface area contributed by atoms with Crippen LogP contribution in [0.25, 0.3) is 0 Å². The number of hydrogen-bond acceptors (Lipinski definition) is 2. The zero-order valence-corrected chi connectivity index (χ0v) is 11.7. The second kappa shape index (κ2) is 6.60. The van der Waals surface area contributed by atoms with Gasteiger partial charge in [0.15, 0.2) is 0 Å². The van der Waals surface area contributed by atoms with Crippen LogP contribution < -0.4 is 5.73 Å². The summed E-state index contributed by atoms with van der Waals surface area (Å²) in [6.45, 7) is 3.98. The van der Waals surface area contributed by atoms with Crippen molar-refractivity contribution in [2.75, 3.05) is 0 Å². The normalized spacial score (nSPS) is 16.6. The molecule has 0 aromatic heterocycles. The summed E-state index contributed by atoms with van der Waals surface area (Å²) in [4.78, 5) is 0. The first kappa shape index (κ1) is 14.8. The molecule has 0 aliphatic rings. The molecule has 1 aromatic carbocycles. The van der Waals surface area contributed by atoms with Gasteiger partial charge in [0.05, 0.1) is 6.10 Å². The number of aliphatic hydroxyl groups excluding tert-OH is 1. The molecule has 0 heterocycles. The molecule has 0 saturated heterocycles. The average molecular weight is 276 g/mol. The van der Waals surface area contributed by atoms with E-state index < -0.39 is 6.10 Å². The predicted octanol–water partition coefficient (Wildman–Crippen LogP) is 3.59. The Labute approximate surface area is 113 Å². The van der Waals surface area contributed by atoms with Crippen LogP contribution in [0, 0.1) is 0 Å². The van der Waals surface area contributed by atoms with Gasteiger partial charge in [-0.25, -0.2) is 0 Å². The molecule has 0 radical (unpaired) electrons. The Morgan fingerprint density at radius 3 is 2.59 bits per heavy atom. The van der Waals surface area contributed by atoms with E-state index in [2.05, 4.69) is 0 Å². The van der Waals surface area contributed by atoms with Gasteiger partial charge in [0.25, 0.3) is 0 Å². The molecule has 0 spiro atoms. The summed E-state index contributed by atoms with van der Waals surface area (Å²) in [6, 6.07) is 5.20. The Morgan fingerprint density at radius 1 is 1.35 bits per heavy atom. The molecule has 0 bridgehead atoms. The lowest BCUT2D eigenvalue weighted by atomic mass is 9.92. The van der Waals surface area contributed by atoms with Gasteiger partial charge < -0.3 is 10.8 Å². The van der Waals surface area contributed by atoms with Gasteiger partial charge in [0, 0.05) is 16.1 Å². The van der Waals surface area contributed by atoms with E-state index in [1.807, 2.05) is 19.9 Å². The van der Waals surface area contributed by atoms with E-state index in [-0.39, 0.29) is 12.0 Å². The smallest absolute Gasteiger partial charge is 0.0696 e. The van der Waals surface area contributed by atoms with Crippen molar-refractivity contribution >= 4 is 23.2 Å². The van der Waals surface area contributed by atoms with Crippen molar-refractivity contribution in [3.63, 3.8) is 0 Å². The highest BCUT2D eigenvalue weighted by molar-refractivity contribution is 6.33. The van der Waals surface area contributed by atoms with E-state index in [1.165, 1.54) is 0 Å². The number of nitrogens with two attached hydrogens (primary N) is 1. The fraction of sp³-hybridized carbons (Fsp3) is 0.538. The molecule has 0 aliphatic carbocycles. The Bertz CT molecular complexity index is 370.